The minimum absolute atomic E-state index is 0.00306. The number of aromatic nitrogens is 4. The van der Waals surface area contributed by atoms with Crippen molar-refractivity contribution < 1.29 is 14.7 Å². The molecule has 8 nitrogen and oxygen atoms in total. The van der Waals surface area contributed by atoms with Crippen LogP contribution in [-0.2, 0) is 17.9 Å². The van der Waals surface area contributed by atoms with Gasteiger partial charge in [0.05, 0.1) is 0 Å². The number of rotatable bonds is 7. The summed E-state index contributed by atoms with van der Waals surface area (Å²) in [6.07, 6.45) is 5.65. The topological polar surface area (TPSA) is 102 Å². The van der Waals surface area contributed by atoms with Crippen molar-refractivity contribution in [1.82, 2.24) is 24.9 Å². The van der Waals surface area contributed by atoms with E-state index in [1.165, 1.54) is 12.3 Å². The van der Waals surface area contributed by atoms with E-state index in [1.807, 2.05) is 12.3 Å². The summed E-state index contributed by atoms with van der Waals surface area (Å²) in [5, 5.41) is 19.5. The van der Waals surface area contributed by atoms with Gasteiger partial charge in [-0.15, -0.1) is 0 Å². The van der Waals surface area contributed by atoms with Crippen LogP contribution in [0.1, 0.15) is 16.9 Å². The summed E-state index contributed by atoms with van der Waals surface area (Å²) in [5.41, 5.74) is -0.00306. The Balaban J connectivity index is 1.72. The maximum atomic E-state index is 11.7. The van der Waals surface area contributed by atoms with E-state index in [0.717, 1.165) is 17.6 Å². The van der Waals surface area contributed by atoms with Crippen molar-refractivity contribution in [3.63, 3.8) is 0 Å². The van der Waals surface area contributed by atoms with Gasteiger partial charge in [0.1, 0.15) is 12.2 Å². The number of carboxylic acids is 1. The minimum atomic E-state index is -1.10. The summed E-state index contributed by atoms with van der Waals surface area (Å²) in [5.74, 6) is -1.37. The van der Waals surface area contributed by atoms with Crippen molar-refractivity contribution in [2.45, 2.75) is 19.5 Å². The monoisotopic (exact) mass is 277 g/mol. The number of nitrogens with zero attached hydrogens (tertiary/aromatic N) is 4. The first-order chi connectivity index (χ1) is 9.66. The van der Waals surface area contributed by atoms with Crippen LogP contribution in [-0.4, -0.2) is 43.1 Å². The molecule has 2 N–H and O–H groups in total. The van der Waals surface area contributed by atoms with Gasteiger partial charge >= 0.3 is 5.97 Å². The van der Waals surface area contributed by atoms with Gasteiger partial charge < -0.3 is 10.4 Å². The molecule has 0 aromatic carbocycles. The maximum Gasteiger partial charge on any atom is 0.354 e. The second-order valence-corrected chi connectivity index (χ2v) is 4.15. The molecule has 20 heavy (non-hydrogen) atoms. The Morgan fingerprint density at radius 3 is 2.85 bits per heavy atom. The van der Waals surface area contributed by atoms with Gasteiger partial charge in [0, 0.05) is 31.7 Å². The molecule has 0 aliphatic carbocycles. The molecule has 0 aliphatic heterocycles. The number of aryl methyl sites for hydroxylation is 1. The molecule has 0 aliphatic rings. The smallest absolute Gasteiger partial charge is 0.354 e. The Hall–Kier alpha value is -2.64. The zero-order valence-electron chi connectivity index (χ0n) is 10.8. The first-order valence-electron chi connectivity index (χ1n) is 6.16. The fourth-order valence-electron chi connectivity index (χ4n) is 1.73. The molecule has 2 aromatic rings. The molecule has 2 aromatic heterocycles. The van der Waals surface area contributed by atoms with Crippen LogP contribution in [0.2, 0.25) is 0 Å². The SMILES string of the molecule is O=C(Cn1nccc1C(=O)O)NCCCn1cccn1. The molecule has 0 saturated carbocycles. The number of hydrogen-bond acceptors (Lipinski definition) is 4. The lowest BCUT2D eigenvalue weighted by Crippen LogP contribution is -2.30. The van der Waals surface area contributed by atoms with Gasteiger partial charge in [0.25, 0.3) is 0 Å². The van der Waals surface area contributed by atoms with E-state index < -0.39 is 5.97 Å². The van der Waals surface area contributed by atoms with Gasteiger partial charge in [-0.1, -0.05) is 0 Å². The Morgan fingerprint density at radius 1 is 1.30 bits per heavy atom. The van der Waals surface area contributed by atoms with Crippen LogP contribution in [0.15, 0.2) is 30.7 Å². The largest absolute Gasteiger partial charge is 0.477 e. The predicted octanol–water partition coefficient (Wildman–Crippen LogP) is -0.0157. The Morgan fingerprint density at radius 2 is 2.15 bits per heavy atom. The molecular weight excluding hydrogens is 262 g/mol. The fraction of sp³-hybridized carbons (Fsp3) is 0.333. The van der Waals surface area contributed by atoms with Crippen LogP contribution < -0.4 is 5.32 Å². The van der Waals surface area contributed by atoms with Gasteiger partial charge in [0.15, 0.2) is 0 Å². The van der Waals surface area contributed by atoms with Crippen LogP contribution in [0.4, 0.5) is 0 Å². The summed E-state index contributed by atoms with van der Waals surface area (Å²) in [7, 11) is 0. The highest BCUT2D eigenvalue weighted by Gasteiger charge is 2.12. The van der Waals surface area contributed by atoms with Crippen molar-refractivity contribution in [3.8, 4) is 0 Å². The van der Waals surface area contributed by atoms with E-state index in [9.17, 15) is 9.59 Å². The van der Waals surface area contributed by atoms with Crippen molar-refractivity contribution in [1.29, 1.82) is 0 Å². The van der Waals surface area contributed by atoms with Crippen molar-refractivity contribution in [3.05, 3.63) is 36.4 Å². The third kappa shape index (κ3) is 3.67. The molecule has 0 saturated heterocycles. The Kier molecular flexibility index (Phi) is 4.48. The standard InChI is InChI=1S/C12H15N5O3/c18-11(9-17-10(12(19)20)3-6-15-17)13-4-1-7-16-8-2-5-14-16/h2-3,5-6,8H,1,4,7,9H2,(H,13,18)(H,19,20). The number of hydrogen-bond donors (Lipinski definition) is 2. The highest BCUT2D eigenvalue weighted by atomic mass is 16.4. The normalized spacial score (nSPS) is 10.4. The molecule has 1 amide bonds. The maximum absolute atomic E-state index is 11.7. The minimum Gasteiger partial charge on any atom is -0.477 e. The van der Waals surface area contributed by atoms with Crippen LogP contribution in [0.3, 0.4) is 0 Å². The third-order valence-electron chi connectivity index (χ3n) is 2.67. The van der Waals surface area contributed by atoms with Gasteiger partial charge in [-0.3, -0.25) is 9.48 Å². The van der Waals surface area contributed by atoms with Crippen LogP contribution in [0, 0.1) is 0 Å². The van der Waals surface area contributed by atoms with E-state index >= 15 is 0 Å². The lowest BCUT2D eigenvalue weighted by atomic mass is 10.4. The van der Waals surface area contributed by atoms with Crippen LogP contribution in [0.5, 0.6) is 0 Å². The molecule has 2 rings (SSSR count). The lowest BCUT2D eigenvalue weighted by Gasteiger charge is -2.07. The first-order valence-corrected chi connectivity index (χ1v) is 6.16. The first kappa shape index (κ1) is 13.8. The van der Waals surface area contributed by atoms with Crippen LogP contribution >= 0.6 is 0 Å². The van der Waals surface area contributed by atoms with Gasteiger partial charge in [-0.05, 0) is 18.6 Å². The van der Waals surface area contributed by atoms with Gasteiger partial charge in [-0.2, -0.15) is 10.2 Å². The molecule has 2 heterocycles. The lowest BCUT2D eigenvalue weighted by molar-refractivity contribution is -0.121. The highest BCUT2D eigenvalue weighted by molar-refractivity contribution is 5.86. The molecule has 0 atom stereocenters. The summed E-state index contributed by atoms with van der Waals surface area (Å²) in [6, 6.07) is 3.19. The molecule has 8 heteroatoms. The molecule has 0 unspecified atom stereocenters. The number of nitrogens with one attached hydrogen (secondary N) is 1. The number of carboxylic acid groups (broad SMARTS) is 1. The second-order valence-electron chi connectivity index (χ2n) is 4.15. The number of carbonyl (C=O) groups excluding carboxylic acids is 1. The number of carbonyl (C=O) groups is 2. The average molecular weight is 277 g/mol. The van der Waals surface area contributed by atoms with E-state index in [4.69, 9.17) is 5.11 Å². The second kappa shape index (κ2) is 6.50. The Labute approximate surface area is 115 Å². The zero-order chi connectivity index (χ0) is 14.4. The number of aromatic carboxylic acids is 1. The summed E-state index contributed by atoms with van der Waals surface area (Å²) in [6.45, 7) is 1.12. The third-order valence-corrected chi connectivity index (χ3v) is 2.67. The predicted molar refractivity (Wildman–Crippen MR) is 69.0 cm³/mol. The van der Waals surface area contributed by atoms with Crippen molar-refractivity contribution in [2.75, 3.05) is 6.54 Å². The van der Waals surface area contributed by atoms with E-state index in [0.29, 0.717) is 6.54 Å². The molecule has 0 bridgehead atoms. The van der Waals surface area contributed by atoms with Crippen LogP contribution in [0.25, 0.3) is 0 Å². The van der Waals surface area contributed by atoms with E-state index in [1.54, 1.807) is 10.9 Å². The Bertz CT molecular complexity index is 576. The van der Waals surface area contributed by atoms with Gasteiger partial charge in [-0.25, -0.2) is 9.48 Å². The molecule has 0 spiro atoms. The number of amides is 1. The fourth-order valence-corrected chi connectivity index (χ4v) is 1.73. The molecule has 106 valence electrons. The summed E-state index contributed by atoms with van der Waals surface area (Å²) >= 11 is 0. The summed E-state index contributed by atoms with van der Waals surface area (Å²) in [4.78, 5) is 22.5. The van der Waals surface area contributed by atoms with E-state index in [-0.39, 0.29) is 18.1 Å². The van der Waals surface area contributed by atoms with Gasteiger partial charge in [0.2, 0.25) is 5.91 Å². The highest BCUT2D eigenvalue weighted by Crippen LogP contribution is 1.98. The van der Waals surface area contributed by atoms with Crippen molar-refractivity contribution >= 4 is 11.9 Å². The molecule has 0 fully saturated rings. The average Bonchev–Trinajstić information content (AvgIpc) is 3.05. The quantitative estimate of drug-likeness (QED) is 0.693. The van der Waals surface area contributed by atoms with Crippen molar-refractivity contribution in [2.24, 2.45) is 0 Å². The zero-order valence-corrected chi connectivity index (χ0v) is 10.8. The van der Waals surface area contributed by atoms with E-state index in [2.05, 4.69) is 15.5 Å². The molecular formula is C12H15N5O3. The molecule has 0 radical (unpaired) electrons. The summed E-state index contributed by atoms with van der Waals surface area (Å²) < 4.78 is 2.94.